The summed E-state index contributed by atoms with van der Waals surface area (Å²) in [5.41, 5.74) is 5.95. The minimum absolute atomic E-state index is 0.118. The van der Waals surface area contributed by atoms with Crippen LogP contribution in [0.1, 0.15) is 113 Å². The van der Waals surface area contributed by atoms with Gasteiger partial charge in [0, 0.05) is 19.0 Å². The Kier molecular flexibility index (Phi) is 11.9. The summed E-state index contributed by atoms with van der Waals surface area (Å²) in [5, 5.41) is 0. The molecule has 34 heavy (non-hydrogen) atoms. The van der Waals surface area contributed by atoms with Gasteiger partial charge in [0.15, 0.2) is 0 Å². The molecular formula is C29H53NO4. The van der Waals surface area contributed by atoms with Crippen LogP contribution in [0.2, 0.25) is 0 Å². The maximum Gasteiger partial charge on any atom is 0.129 e. The Bertz CT molecular complexity index is 733. The van der Waals surface area contributed by atoms with Crippen molar-refractivity contribution in [3.8, 4) is 11.5 Å². The van der Waals surface area contributed by atoms with Crippen LogP contribution >= 0.6 is 0 Å². The van der Waals surface area contributed by atoms with Crippen LogP contribution in [0, 0.1) is 0 Å². The fraction of sp³-hybridized carbons (Fsp3) is 0.793. The molecule has 5 nitrogen and oxygen atoms in total. The summed E-state index contributed by atoms with van der Waals surface area (Å²) >= 11 is 0. The molecule has 1 aromatic rings. The van der Waals surface area contributed by atoms with E-state index in [0.717, 1.165) is 55.6 Å². The third-order valence-electron chi connectivity index (χ3n) is 7.03. The number of hydrogen-bond acceptors (Lipinski definition) is 5. The van der Waals surface area contributed by atoms with Crippen molar-refractivity contribution in [3.63, 3.8) is 0 Å². The molecule has 0 aliphatic carbocycles. The number of hydrogen-bond donors (Lipinski definition) is 1. The molecule has 198 valence electrons. The number of nitrogens with two attached hydrogens (primary N) is 1. The first-order valence-corrected chi connectivity index (χ1v) is 13.2. The van der Waals surface area contributed by atoms with E-state index in [-0.39, 0.29) is 16.8 Å². The minimum atomic E-state index is -0.441. The fourth-order valence-electron chi connectivity index (χ4n) is 3.49. The lowest BCUT2D eigenvalue weighted by atomic mass is 9.96. The summed E-state index contributed by atoms with van der Waals surface area (Å²) in [6.07, 6.45) is 5.55. The predicted octanol–water partition coefficient (Wildman–Crippen LogP) is 7.43. The Hall–Kier alpha value is -1.30. The summed E-state index contributed by atoms with van der Waals surface area (Å²) in [6, 6.07) is 6.02. The molecule has 2 N–H and O–H groups in total. The first kappa shape index (κ1) is 30.7. The van der Waals surface area contributed by atoms with E-state index >= 15 is 0 Å². The van der Waals surface area contributed by atoms with Crippen LogP contribution in [-0.4, -0.2) is 35.6 Å². The van der Waals surface area contributed by atoms with Crippen molar-refractivity contribution in [2.24, 2.45) is 5.73 Å². The average molecular weight is 480 g/mol. The zero-order valence-corrected chi connectivity index (χ0v) is 23.8. The van der Waals surface area contributed by atoms with Crippen molar-refractivity contribution in [2.45, 2.75) is 137 Å². The van der Waals surface area contributed by atoms with Crippen LogP contribution in [-0.2, 0) is 16.0 Å². The lowest BCUT2D eigenvalue weighted by Gasteiger charge is -2.35. The largest absolute Gasteiger partial charge is 0.487 e. The third-order valence-corrected chi connectivity index (χ3v) is 7.03. The molecule has 0 aromatic heterocycles. The number of ether oxygens (including phenoxy) is 4. The minimum Gasteiger partial charge on any atom is -0.487 e. The van der Waals surface area contributed by atoms with Crippen molar-refractivity contribution in [2.75, 3.05) is 13.2 Å². The van der Waals surface area contributed by atoms with Gasteiger partial charge in [0.1, 0.15) is 22.7 Å². The van der Waals surface area contributed by atoms with Gasteiger partial charge in [-0.1, -0.05) is 34.1 Å². The Balaban J connectivity index is 3.06. The quantitative estimate of drug-likeness (QED) is 0.252. The van der Waals surface area contributed by atoms with E-state index in [1.807, 2.05) is 18.2 Å². The molecule has 2 atom stereocenters. The molecule has 0 saturated heterocycles. The van der Waals surface area contributed by atoms with Crippen molar-refractivity contribution < 1.29 is 18.9 Å². The van der Waals surface area contributed by atoms with Crippen LogP contribution in [0.5, 0.6) is 11.5 Å². The van der Waals surface area contributed by atoms with Gasteiger partial charge in [-0.25, -0.2) is 0 Å². The number of rotatable bonds is 17. The van der Waals surface area contributed by atoms with Crippen LogP contribution in [0.3, 0.4) is 0 Å². The Morgan fingerprint density at radius 3 is 1.68 bits per heavy atom. The SMILES string of the molecule is CCCC(C)(CCOC(C)(C)CC)Oc1cc(CN)cc(OC(C)(CC)COC(C)(C)CC)c1. The predicted molar refractivity (Wildman–Crippen MR) is 143 cm³/mol. The first-order chi connectivity index (χ1) is 15.7. The van der Waals surface area contributed by atoms with Crippen molar-refractivity contribution >= 4 is 0 Å². The topological polar surface area (TPSA) is 62.9 Å². The maximum atomic E-state index is 6.61. The number of benzene rings is 1. The summed E-state index contributed by atoms with van der Waals surface area (Å²) in [7, 11) is 0. The molecule has 0 saturated carbocycles. The van der Waals surface area contributed by atoms with Gasteiger partial charge in [0.05, 0.1) is 24.4 Å². The van der Waals surface area contributed by atoms with Gasteiger partial charge in [-0.3, -0.25) is 0 Å². The Morgan fingerprint density at radius 1 is 0.676 bits per heavy atom. The first-order valence-electron chi connectivity index (χ1n) is 13.2. The molecule has 0 heterocycles. The summed E-state index contributed by atoms with van der Waals surface area (Å²) in [5.74, 6) is 1.55. The molecule has 1 aromatic carbocycles. The van der Waals surface area contributed by atoms with E-state index in [2.05, 4.69) is 69.2 Å². The Morgan fingerprint density at radius 2 is 1.21 bits per heavy atom. The van der Waals surface area contributed by atoms with Gasteiger partial charge >= 0.3 is 0 Å². The van der Waals surface area contributed by atoms with Gasteiger partial charge in [0.25, 0.3) is 0 Å². The van der Waals surface area contributed by atoms with Crippen molar-refractivity contribution in [3.05, 3.63) is 23.8 Å². The smallest absolute Gasteiger partial charge is 0.129 e. The van der Waals surface area contributed by atoms with Gasteiger partial charge in [-0.05, 0) is 84.9 Å². The lowest BCUT2D eigenvalue weighted by Crippen LogP contribution is -2.41. The molecule has 0 spiro atoms. The standard InChI is InChI=1S/C29H53NO4/c1-11-15-29(10,16-17-31-26(5,6)12-2)34-25-19-23(21-30)18-24(20-25)33-28(9,14-4)22-32-27(7,8)13-3/h18-20H,11-17,21-22,30H2,1-10H3. The normalized spacial score (nSPS) is 16.1. The average Bonchev–Trinajstić information content (AvgIpc) is 2.77. The van der Waals surface area contributed by atoms with Gasteiger partial charge in [0.2, 0.25) is 0 Å². The molecule has 1 rings (SSSR count). The van der Waals surface area contributed by atoms with E-state index < -0.39 is 5.60 Å². The maximum absolute atomic E-state index is 6.61. The highest BCUT2D eigenvalue weighted by molar-refractivity contribution is 5.39. The van der Waals surface area contributed by atoms with Crippen molar-refractivity contribution in [1.82, 2.24) is 0 Å². The lowest BCUT2D eigenvalue weighted by molar-refractivity contribution is -0.0902. The van der Waals surface area contributed by atoms with Gasteiger partial charge < -0.3 is 24.7 Å². The highest BCUT2D eigenvalue weighted by atomic mass is 16.6. The fourth-order valence-corrected chi connectivity index (χ4v) is 3.49. The molecule has 0 bridgehead atoms. The van der Waals surface area contributed by atoms with Crippen LogP contribution in [0.15, 0.2) is 18.2 Å². The van der Waals surface area contributed by atoms with E-state index in [0.29, 0.717) is 19.8 Å². The summed E-state index contributed by atoms with van der Waals surface area (Å²) in [6.45, 7) is 23.0. The second-order valence-corrected chi connectivity index (χ2v) is 11.3. The van der Waals surface area contributed by atoms with E-state index in [1.54, 1.807) is 0 Å². The second-order valence-electron chi connectivity index (χ2n) is 11.3. The summed E-state index contributed by atoms with van der Waals surface area (Å²) in [4.78, 5) is 0. The molecule has 0 radical (unpaired) electrons. The molecule has 2 unspecified atom stereocenters. The third kappa shape index (κ3) is 10.5. The Labute approximate surface area is 210 Å². The van der Waals surface area contributed by atoms with E-state index in [9.17, 15) is 0 Å². The van der Waals surface area contributed by atoms with Crippen LogP contribution in [0.4, 0.5) is 0 Å². The molecule has 5 heteroatoms. The van der Waals surface area contributed by atoms with Gasteiger partial charge in [-0.2, -0.15) is 0 Å². The van der Waals surface area contributed by atoms with Crippen LogP contribution in [0.25, 0.3) is 0 Å². The summed E-state index contributed by atoms with van der Waals surface area (Å²) < 4.78 is 25.4. The molecule has 0 fully saturated rings. The monoisotopic (exact) mass is 479 g/mol. The van der Waals surface area contributed by atoms with E-state index in [1.165, 1.54) is 0 Å². The molecular weight excluding hydrogens is 426 g/mol. The highest BCUT2D eigenvalue weighted by Crippen LogP contribution is 2.33. The van der Waals surface area contributed by atoms with Crippen molar-refractivity contribution in [1.29, 1.82) is 0 Å². The molecule has 0 amide bonds. The van der Waals surface area contributed by atoms with Gasteiger partial charge in [-0.15, -0.1) is 0 Å². The van der Waals surface area contributed by atoms with E-state index in [4.69, 9.17) is 24.7 Å². The van der Waals surface area contributed by atoms with Crippen LogP contribution < -0.4 is 15.2 Å². The highest BCUT2D eigenvalue weighted by Gasteiger charge is 2.30. The zero-order chi connectivity index (χ0) is 26.0. The second kappa shape index (κ2) is 13.1. The molecule has 0 aliphatic rings. The zero-order valence-electron chi connectivity index (χ0n) is 23.8. The molecule has 0 aliphatic heterocycles.